The Morgan fingerprint density at radius 3 is 1.93 bits per heavy atom. The lowest BCUT2D eigenvalue weighted by molar-refractivity contribution is 0.454. The summed E-state index contributed by atoms with van der Waals surface area (Å²) in [5.41, 5.74) is 4.16. The van der Waals surface area contributed by atoms with E-state index in [-0.39, 0.29) is 5.75 Å². The van der Waals surface area contributed by atoms with Crippen molar-refractivity contribution in [2.45, 2.75) is 47.5 Å². The highest BCUT2D eigenvalue weighted by molar-refractivity contribution is 5.44. The molecule has 0 spiro atoms. The molecule has 0 radical (unpaired) electrons. The number of aromatic amines is 1. The van der Waals surface area contributed by atoms with Crippen molar-refractivity contribution in [3.05, 3.63) is 93.2 Å². The van der Waals surface area contributed by atoms with Crippen molar-refractivity contribution in [2.75, 3.05) is 0 Å². The van der Waals surface area contributed by atoms with Gasteiger partial charge in [0.25, 0.3) is 5.56 Å². The van der Waals surface area contributed by atoms with Gasteiger partial charge >= 0.3 is 0 Å². The molecule has 4 heteroatoms. The van der Waals surface area contributed by atoms with Gasteiger partial charge in [0.2, 0.25) is 5.75 Å². The predicted molar refractivity (Wildman–Crippen MR) is 120 cm³/mol. The van der Waals surface area contributed by atoms with Crippen molar-refractivity contribution in [3.63, 3.8) is 0 Å². The number of nitrogens with one attached hydrogen (secondary N) is 1. The van der Waals surface area contributed by atoms with Crippen molar-refractivity contribution in [1.82, 2.24) is 9.97 Å². The molecule has 0 unspecified atom stereocenters. The zero-order valence-electron chi connectivity index (χ0n) is 17.9. The standard InChI is InChI=1S/C21H18N2O2.2C2H6/c1-15-2-4-16(5-3-15)6-7-17-8-10-18(11-9-17)12-13-19-20(24)21(25)23-14-22-19;2*1-2/h2-5,8-11,14,24H,12-13H2,1H3,(H,22,23,25);2*1-2H3. The van der Waals surface area contributed by atoms with Crippen molar-refractivity contribution in [3.8, 4) is 17.6 Å². The molecule has 29 heavy (non-hydrogen) atoms. The Labute approximate surface area is 173 Å². The molecule has 0 aliphatic rings. The average molecular weight is 391 g/mol. The molecule has 0 fully saturated rings. The minimum atomic E-state index is -0.508. The molecule has 1 aromatic heterocycles. The van der Waals surface area contributed by atoms with E-state index in [1.54, 1.807) is 0 Å². The fourth-order valence-electron chi connectivity index (χ4n) is 2.41. The summed E-state index contributed by atoms with van der Waals surface area (Å²) in [6, 6.07) is 16.1. The molecular weight excluding hydrogens is 360 g/mol. The first-order valence-electron chi connectivity index (χ1n) is 10.0. The molecule has 2 aromatic carbocycles. The van der Waals surface area contributed by atoms with E-state index in [4.69, 9.17) is 0 Å². The summed E-state index contributed by atoms with van der Waals surface area (Å²) in [6.45, 7) is 10.1. The lowest BCUT2D eigenvalue weighted by Gasteiger charge is -2.03. The van der Waals surface area contributed by atoms with Crippen molar-refractivity contribution >= 4 is 0 Å². The fraction of sp³-hybridized carbons (Fsp3) is 0.280. The second-order valence-corrected chi connectivity index (χ2v) is 5.84. The maximum atomic E-state index is 11.3. The highest BCUT2D eigenvalue weighted by Gasteiger charge is 2.06. The molecule has 3 aromatic rings. The second-order valence-electron chi connectivity index (χ2n) is 5.84. The Bertz CT molecular complexity index is 976. The molecule has 0 saturated carbocycles. The van der Waals surface area contributed by atoms with Gasteiger partial charge in [-0.25, -0.2) is 4.98 Å². The number of rotatable bonds is 3. The SMILES string of the molecule is CC.CC.Cc1ccc(C#Cc2ccc(CCc3nc[nH]c(=O)c3O)cc2)cc1. The third kappa shape index (κ3) is 7.67. The van der Waals surface area contributed by atoms with Crippen LogP contribution in [0.1, 0.15) is 55.6 Å². The first-order chi connectivity index (χ1) is 14.1. The molecule has 1 heterocycles. The lowest BCUT2D eigenvalue weighted by atomic mass is 10.1. The Balaban J connectivity index is 0.000000989. The molecule has 0 atom stereocenters. The van der Waals surface area contributed by atoms with Gasteiger partial charge in [0.1, 0.15) is 0 Å². The first kappa shape index (κ1) is 23.7. The zero-order valence-corrected chi connectivity index (χ0v) is 17.9. The van der Waals surface area contributed by atoms with Gasteiger partial charge in [-0.15, -0.1) is 0 Å². The third-order valence-electron chi connectivity index (χ3n) is 3.91. The maximum Gasteiger partial charge on any atom is 0.293 e. The number of hydrogen-bond acceptors (Lipinski definition) is 3. The van der Waals surface area contributed by atoms with Crippen LogP contribution >= 0.6 is 0 Å². The van der Waals surface area contributed by atoms with E-state index < -0.39 is 5.56 Å². The molecule has 3 rings (SSSR count). The van der Waals surface area contributed by atoms with Crippen molar-refractivity contribution in [1.29, 1.82) is 0 Å². The number of benzene rings is 2. The maximum absolute atomic E-state index is 11.3. The van der Waals surface area contributed by atoms with Gasteiger partial charge in [0.15, 0.2) is 0 Å². The Morgan fingerprint density at radius 1 is 0.862 bits per heavy atom. The topological polar surface area (TPSA) is 66.0 Å². The van der Waals surface area contributed by atoms with Gasteiger partial charge in [-0.2, -0.15) is 0 Å². The summed E-state index contributed by atoms with van der Waals surface area (Å²) >= 11 is 0. The van der Waals surface area contributed by atoms with E-state index in [0.29, 0.717) is 18.5 Å². The summed E-state index contributed by atoms with van der Waals surface area (Å²) < 4.78 is 0. The monoisotopic (exact) mass is 390 g/mol. The quantitative estimate of drug-likeness (QED) is 0.617. The molecule has 0 aliphatic heterocycles. The number of H-pyrrole nitrogens is 1. The zero-order chi connectivity index (χ0) is 21.6. The van der Waals surface area contributed by atoms with E-state index in [2.05, 4.69) is 28.7 Å². The van der Waals surface area contributed by atoms with Crippen LogP contribution in [0.4, 0.5) is 0 Å². The first-order valence-corrected chi connectivity index (χ1v) is 10.0. The largest absolute Gasteiger partial charge is 0.502 e. The van der Waals surface area contributed by atoms with Crippen molar-refractivity contribution < 1.29 is 5.11 Å². The number of hydrogen-bond donors (Lipinski definition) is 2. The minimum absolute atomic E-state index is 0.303. The molecule has 0 amide bonds. The smallest absolute Gasteiger partial charge is 0.293 e. The van der Waals surface area contributed by atoms with E-state index in [1.807, 2.05) is 76.2 Å². The molecule has 0 aliphatic carbocycles. The van der Waals surface area contributed by atoms with Crippen LogP contribution in [0.3, 0.4) is 0 Å². The van der Waals surface area contributed by atoms with Gasteiger partial charge in [0.05, 0.1) is 12.0 Å². The van der Waals surface area contributed by atoms with Gasteiger partial charge in [-0.05, 0) is 49.6 Å². The molecular formula is C25H30N2O2. The normalized spacial score (nSPS) is 9.14. The van der Waals surface area contributed by atoms with Gasteiger partial charge in [0, 0.05) is 11.1 Å². The highest BCUT2D eigenvalue weighted by atomic mass is 16.3. The second kappa shape index (κ2) is 13.0. The van der Waals surface area contributed by atoms with Crippen LogP contribution in [0.15, 0.2) is 59.7 Å². The van der Waals surface area contributed by atoms with Crippen LogP contribution < -0.4 is 5.56 Å². The molecule has 2 N–H and O–H groups in total. The summed E-state index contributed by atoms with van der Waals surface area (Å²) in [6.07, 6.45) is 2.50. The Morgan fingerprint density at radius 2 is 1.38 bits per heavy atom. The van der Waals surface area contributed by atoms with Crippen LogP contribution in [0.25, 0.3) is 0 Å². The average Bonchev–Trinajstić information content (AvgIpc) is 2.78. The highest BCUT2D eigenvalue weighted by Crippen LogP contribution is 2.12. The fourth-order valence-corrected chi connectivity index (χ4v) is 2.41. The van der Waals surface area contributed by atoms with Crippen molar-refractivity contribution in [2.24, 2.45) is 0 Å². The van der Waals surface area contributed by atoms with Crippen LogP contribution in [-0.4, -0.2) is 15.1 Å². The summed E-state index contributed by atoms with van der Waals surface area (Å²) in [4.78, 5) is 17.7. The van der Waals surface area contributed by atoms with Gasteiger partial charge < -0.3 is 10.1 Å². The summed E-state index contributed by atoms with van der Waals surface area (Å²) in [5, 5.41) is 9.69. The number of aromatic hydroxyl groups is 1. The van der Waals surface area contributed by atoms with E-state index in [0.717, 1.165) is 16.7 Å². The minimum Gasteiger partial charge on any atom is -0.502 e. The third-order valence-corrected chi connectivity index (χ3v) is 3.91. The van der Waals surface area contributed by atoms with Crippen LogP contribution in [0.2, 0.25) is 0 Å². The summed E-state index contributed by atoms with van der Waals surface area (Å²) in [5.74, 6) is 6.00. The Hall–Kier alpha value is -3.32. The van der Waals surface area contributed by atoms with E-state index >= 15 is 0 Å². The van der Waals surface area contributed by atoms with Gasteiger partial charge in [-0.1, -0.05) is 69.4 Å². The molecule has 0 saturated heterocycles. The number of aryl methyl sites for hydroxylation is 3. The number of aromatic nitrogens is 2. The molecule has 0 bridgehead atoms. The van der Waals surface area contributed by atoms with E-state index in [1.165, 1.54) is 11.9 Å². The lowest BCUT2D eigenvalue weighted by Crippen LogP contribution is -2.09. The Kier molecular flexibility index (Phi) is 10.6. The predicted octanol–water partition coefficient (Wildman–Crippen LogP) is 5.02. The summed E-state index contributed by atoms with van der Waals surface area (Å²) in [7, 11) is 0. The molecule has 4 nitrogen and oxygen atoms in total. The van der Waals surface area contributed by atoms with E-state index in [9.17, 15) is 9.90 Å². The number of nitrogens with zero attached hydrogens (tertiary/aromatic N) is 1. The van der Waals surface area contributed by atoms with Crippen LogP contribution in [0, 0.1) is 18.8 Å². The molecule has 152 valence electrons. The van der Waals surface area contributed by atoms with Gasteiger partial charge in [-0.3, -0.25) is 4.79 Å². The van der Waals surface area contributed by atoms with Crippen LogP contribution in [0.5, 0.6) is 5.75 Å². The van der Waals surface area contributed by atoms with Crippen LogP contribution in [-0.2, 0) is 12.8 Å².